The van der Waals surface area contributed by atoms with Crippen molar-refractivity contribution in [1.29, 1.82) is 0 Å². The van der Waals surface area contributed by atoms with Crippen LogP contribution in [-0.2, 0) is 47.9 Å². The highest BCUT2D eigenvalue weighted by molar-refractivity contribution is 5.99. The van der Waals surface area contributed by atoms with Crippen LogP contribution in [-0.4, -0.2) is 142 Å². The molecule has 0 spiro atoms. The predicted octanol–water partition coefficient (Wildman–Crippen LogP) is -3.30. The Hall–Kier alpha value is -5.42. The molecule has 64 heavy (non-hydrogen) atoms. The van der Waals surface area contributed by atoms with Gasteiger partial charge in [-0.1, -0.05) is 41.5 Å². The minimum Gasteiger partial charge on any atom is -0.480 e. The molecular weight excluding hydrogens is 839 g/mol. The van der Waals surface area contributed by atoms with Crippen LogP contribution in [0, 0.1) is 17.8 Å². The number of aliphatic carboxylic acids is 1. The standard InChI is InChI=1S/C41H73N11O12/c1-21(2)16-27(48-34(56)24(43)20-53)37(59)50-29(19-33(45)55)38(60)51-30(18-23(5)6)40(62)52-15-9-11-31(52)39(61)46-25(12-13-32(44)54)35(57)49-28(17-22(3)4)36(58)47-26(41(63)64)10-7-8-14-42/h21-31,53H,7-20,42-43H2,1-6H3,(H2,44,54)(H2,45,55)(H,46,61)(H,47,58)(H,48,56)(H,49,57)(H,50,59)(H,51,60)(H,63,64)/t24-,25-,26-,27-,28-,29-,30-,31-/m0/s1. The smallest absolute Gasteiger partial charge is 0.326 e. The van der Waals surface area contributed by atoms with Crippen molar-refractivity contribution in [3.05, 3.63) is 0 Å². The van der Waals surface area contributed by atoms with Crippen LogP contribution in [0.2, 0.25) is 0 Å². The van der Waals surface area contributed by atoms with Crippen LogP contribution in [0.1, 0.15) is 112 Å². The molecule has 0 aromatic carbocycles. The lowest BCUT2D eigenvalue weighted by Crippen LogP contribution is -2.60. The maximum absolute atomic E-state index is 14.3. The number of hydrogen-bond acceptors (Lipinski definition) is 13. The average Bonchev–Trinajstić information content (AvgIpc) is 3.69. The summed E-state index contributed by atoms with van der Waals surface area (Å²) < 4.78 is 0. The molecule has 23 heteroatoms. The van der Waals surface area contributed by atoms with Crippen molar-refractivity contribution >= 4 is 59.1 Å². The van der Waals surface area contributed by atoms with Gasteiger partial charge in [0.1, 0.15) is 48.3 Å². The maximum Gasteiger partial charge on any atom is 0.326 e. The van der Waals surface area contributed by atoms with E-state index in [1.807, 2.05) is 0 Å². The van der Waals surface area contributed by atoms with Crippen LogP contribution < -0.4 is 54.8 Å². The van der Waals surface area contributed by atoms with Gasteiger partial charge < -0.3 is 69.9 Å². The van der Waals surface area contributed by atoms with Crippen molar-refractivity contribution in [1.82, 2.24) is 36.8 Å². The normalized spacial score (nSPS) is 17.0. The molecule has 1 aliphatic heterocycles. The van der Waals surface area contributed by atoms with E-state index in [0.717, 1.165) is 0 Å². The number of carbonyl (C=O) groups is 10. The van der Waals surface area contributed by atoms with E-state index in [0.29, 0.717) is 25.8 Å². The van der Waals surface area contributed by atoms with E-state index in [1.165, 1.54) is 4.90 Å². The molecule has 1 rings (SSSR count). The summed E-state index contributed by atoms with van der Waals surface area (Å²) in [6, 6.07) is -10.5. The highest BCUT2D eigenvalue weighted by atomic mass is 16.4. The Morgan fingerprint density at radius 1 is 0.609 bits per heavy atom. The second-order valence-corrected chi connectivity index (χ2v) is 17.5. The highest BCUT2D eigenvalue weighted by Gasteiger charge is 2.41. The van der Waals surface area contributed by atoms with E-state index in [2.05, 4.69) is 31.9 Å². The molecule has 1 aliphatic rings. The van der Waals surface area contributed by atoms with Gasteiger partial charge in [0.15, 0.2) is 0 Å². The molecule has 0 aromatic rings. The largest absolute Gasteiger partial charge is 0.480 e. The molecule has 0 aliphatic carbocycles. The molecule has 0 radical (unpaired) electrons. The van der Waals surface area contributed by atoms with E-state index in [1.54, 1.807) is 41.5 Å². The SMILES string of the molecule is CC(C)C[C@H](NC(=O)[C@H](CCC(N)=O)NC(=O)[C@@H]1CCCN1C(=O)[C@H](CC(C)C)NC(=O)[C@H](CC(N)=O)NC(=O)[C@H](CC(C)C)NC(=O)[C@@H](N)CO)C(=O)N[C@@H](CCCCN)C(=O)O. The lowest BCUT2D eigenvalue weighted by molar-refractivity contribution is -0.143. The van der Waals surface area contributed by atoms with Crippen LogP contribution in [0.15, 0.2) is 0 Å². The number of nitrogens with two attached hydrogens (primary N) is 4. The maximum atomic E-state index is 14.3. The number of nitrogens with one attached hydrogen (secondary N) is 6. The van der Waals surface area contributed by atoms with Crippen molar-refractivity contribution in [3.63, 3.8) is 0 Å². The molecule has 1 saturated heterocycles. The third kappa shape index (κ3) is 20.4. The van der Waals surface area contributed by atoms with Gasteiger partial charge in [-0.15, -0.1) is 0 Å². The first-order valence-corrected chi connectivity index (χ1v) is 21.9. The summed E-state index contributed by atoms with van der Waals surface area (Å²) in [7, 11) is 0. The first-order valence-electron chi connectivity index (χ1n) is 21.9. The molecule has 1 fully saturated rings. The van der Waals surface area contributed by atoms with Gasteiger partial charge in [0, 0.05) is 13.0 Å². The fraction of sp³-hybridized carbons (Fsp3) is 0.756. The summed E-state index contributed by atoms with van der Waals surface area (Å²) in [5, 5.41) is 34.1. The summed E-state index contributed by atoms with van der Waals surface area (Å²) in [6.07, 6.45) is 0.484. The van der Waals surface area contributed by atoms with E-state index in [4.69, 9.17) is 22.9 Å². The molecule has 8 atom stereocenters. The third-order valence-electron chi connectivity index (χ3n) is 10.3. The number of carboxylic acid groups (broad SMARTS) is 1. The third-order valence-corrected chi connectivity index (χ3v) is 10.3. The average molecular weight is 912 g/mol. The van der Waals surface area contributed by atoms with Gasteiger partial charge in [-0.3, -0.25) is 43.2 Å². The van der Waals surface area contributed by atoms with Gasteiger partial charge in [0.05, 0.1) is 13.0 Å². The summed E-state index contributed by atoms with van der Waals surface area (Å²) in [5.41, 5.74) is 21.9. The number of carbonyl (C=O) groups excluding carboxylic acids is 9. The number of hydrogen-bond donors (Lipinski definition) is 12. The Labute approximate surface area is 374 Å². The van der Waals surface area contributed by atoms with Crippen molar-refractivity contribution in [2.75, 3.05) is 19.7 Å². The second kappa shape index (κ2) is 28.4. The van der Waals surface area contributed by atoms with Crippen molar-refractivity contribution in [3.8, 4) is 0 Å². The summed E-state index contributed by atoms with van der Waals surface area (Å²) >= 11 is 0. The number of nitrogens with zero attached hydrogens (tertiary/aromatic N) is 1. The Bertz CT molecular complexity index is 1630. The Kier molecular flexibility index (Phi) is 25.1. The lowest BCUT2D eigenvalue weighted by atomic mass is 10.00. The van der Waals surface area contributed by atoms with Crippen molar-refractivity contribution < 1.29 is 58.2 Å². The molecule has 23 nitrogen and oxygen atoms in total. The van der Waals surface area contributed by atoms with Crippen LogP contribution in [0.5, 0.6) is 0 Å². The Morgan fingerprint density at radius 3 is 1.56 bits per heavy atom. The number of amides is 9. The van der Waals surface area contributed by atoms with Crippen molar-refractivity contribution in [2.45, 2.75) is 161 Å². The zero-order valence-electron chi connectivity index (χ0n) is 38.0. The highest BCUT2D eigenvalue weighted by Crippen LogP contribution is 2.21. The Balaban J connectivity index is 3.37. The molecule has 0 aromatic heterocycles. The lowest BCUT2D eigenvalue weighted by Gasteiger charge is -2.31. The quantitative estimate of drug-likeness (QED) is 0.0314. The number of aliphatic hydroxyl groups is 1. The predicted molar refractivity (Wildman–Crippen MR) is 233 cm³/mol. The van der Waals surface area contributed by atoms with Crippen LogP contribution in [0.25, 0.3) is 0 Å². The fourth-order valence-corrected chi connectivity index (χ4v) is 7.04. The van der Waals surface area contributed by atoms with Gasteiger partial charge in [-0.25, -0.2) is 4.79 Å². The van der Waals surface area contributed by atoms with E-state index in [9.17, 15) is 58.2 Å². The zero-order valence-corrected chi connectivity index (χ0v) is 38.0. The summed E-state index contributed by atoms with van der Waals surface area (Å²) in [4.78, 5) is 132. The van der Waals surface area contributed by atoms with Gasteiger partial charge in [0.25, 0.3) is 0 Å². The fourth-order valence-electron chi connectivity index (χ4n) is 7.04. The molecule has 364 valence electrons. The molecule has 16 N–H and O–H groups in total. The van der Waals surface area contributed by atoms with Gasteiger partial charge >= 0.3 is 5.97 Å². The van der Waals surface area contributed by atoms with E-state index >= 15 is 0 Å². The van der Waals surface area contributed by atoms with Crippen LogP contribution >= 0.6 is 0 Å². The summed E-state index contributed by atoms with van der Waals surface area (Å²) in [5.74, 6) is -9.25. The van der Waals surface area contributed by atoms with Gasteiger partial charge in [-0.05, 0) is 82.1 Å². The van der Waals surface area contributed by atoms with E-state index in [-0.39, 0.29) is 69.2 Å². The monoisotopic (exact) mass is 912 g/mol. The number of likely N-dealkylation sites (tertiary alicyclic amines) is 1. The topological polar surface area (TPSA) is 391 Å². The van der Waals surface area contributed by atoms with Crippen molar-refractivity contribution in [2.24, 2.45) is 40.7 Å². The molecule has 9 amide bonds. The number of unbranched alkanes of at least 4 members (excludes halogenated alkanes) is 1. The molecule has 0 bridgehead atoms. The first-order chi connectivity index (χ1) is 29.9. The summed E-state index contributed by atoms with van der Waals surface area (Å²) in [6.45, 7) is 10.4. The molecule has 1 heterocycles. The number of primary amides is 2. The van der Waals surface area contributed by atoms with Crippen LogP contribution in [0.3, 0.4) is 0 Å². The molecular formula is C41H73N11O12. The Morgan fingerprint density at radius 2 is 1.08 bits per heavy atom. The minimum atomic E-state index is -1.60. The number of rotatable bonds is 30. The second-order valence-electron chi connectivity index (χ2n) is 17.5. The van der Waals surface area contributed by atoms with E-state index < -0.39 is 120 Å². The van der Waals surface area contributed by atoms with Crippen LogP contribution in [0.4, 0.5) is 0 Å². The molecule has 0 unspecified atom stereocenters. The number of aliphatic hydroxyl groups excluding tert-OH is 1. The number of carboxylic acids is 1. The van der Waals surface area contributed by atoms with Gasteiger partial charge in [-0.2, -0.15) is 0 Å². The molecule has 0 saturated carbocycles. The minimum absolute atomic E-state index is 0.0520. The zero-order chi connectivity index (χ0) is 48.8. The first kappa shape index (κ1) is 56.6. The van der Waals surface area contributed by atoms with Gasteiger partial charge in [0.2, 0.25) is 53.2 Å².